The number of hydrogen-bond donors (Lipinski definition) is 0. The van der Waals surface area contributed by atoms with E-state index in [1.807, 2.05) is 18.2 Å². The molecule has 0 amide bonds. The third-order valence-corrected chi connectivity index (χ3v) is 6.27. The molecule has 28 heavy (non-hydrogen) atoms. The lowest BCUT2D eigenvalue weighted by atomic mass is 10.1. The summed E-state index contributed by atoms with van der Waals surface area (Å²) in [5.74, 6) is 0. The van der Waals surface area contributed by atoms with Gasteiger partial charge in [0, 0.05) is 26.3 Å². The molecule has 0 N–H and O–H groups in total. The summed E-state index contributed by atoms with van der Waals surface area (Å²) in [6.45, 7) is 0. The van der Waals surface area contributed by atoms with Gasteiger partial charge >= 0.3 is 0 Å². The second-order valence-corrected chi connectivity index (χ2v) is 8.12. The van der Waals surface area contributed by atoms with Crippen LogP contribution in [-0.4, -0.2) is 4.57 Å². The van der Waals surface area contributed by atoms with Crippen LogP contribution >= 0.6 is 27.5 Å². The maximum absolute atomic E-state index is 6.42. The summed E-state index contributed by atoms with van der Waals surface area (Å²) in [5, 5.41) is 5.01. The van der Waals surface area contributed by atoms with E-state index >= 15 is 0 Å². The van der Waals surface area contributed by atoms with E-state index in [-0.39, 0.29) is 0 Å². The van der Waals surface area contributed by atoms with Gasteiger partial charge in [0.25, 0.3) is 0 Å². The Hall–Kier alpha value is -2.75. The minimum Gasteiger partial charge on any atom is -0.454 e. The minimum absolute atomic E-state index is 0.634. The largest absolute Gasteiger partial charge is 0.454 e. The van der Waals surface area contributed by atoms with E-state index in [2.05, 4.69) is 81.2 Å². The summed E-state index contributed by atoms with van der Waals surface area (Å²) >= 11 is 10.2. The van der Waals surface area contributed by atoms with Crippen LogP contribution < -0.4 is 0 Å². The zero-order chi connectivity index (χ0) is 18.8. The van der Waals surface area contributed by atoms with Crippen LogP contribution in [0.5, 0.6) is 0 Å². The number of aromatic nitrogens is 1. The van der Waals surface area contributed by atoms with Crippen LogP contribution in [0.1, 0.15) is 0 Å². The molecule has 0 saturated carbocycles. The van der Waals surface area contributed by atoms with Crippen LogP contribution in [0.2, 0.25) is 5.02 Å². The number of hydrogen-bond acceptors (Lipinski definition) is 1. The Labute approximate surface area is 174 Å². The van der Waals surface area contributed by atoms with Crippen LogP contribution in [0.3, 0.4) is 0 Å². The molecule has 0 unspecified atom stereocenters. The van der Waals surface area contributed by atoms with Gasteiger partial charge in [0.15, 0.2) is 5.58 Å². The molecule has 4 heteroatoms. The van der Waals surface area contributed by atoms with Gasteiger partial charge in [-0.25, -0.2) is 0 Å². The maximum atomic E-state index is 6.42. The zero-order valence-corrected chi connectivity index (χ0v) is 17.0. The van der Waals surface area contributed by atoms with Gasteiger partial charge in [-0.05, 0) is 52.3 Å². The number of furan rings is 1. The van der Waals surface area contributed by atoms with Gasteiger partial charge in [-0.3, -0.25) is 0 Å². The average Bonchev–Trinajstić information content (AvgIpc) is 3.26. The fraction of sp³-hybridized carbons (Fsp3) is 0. The molecule has 0 fully saturated rings. The summed E-state index contributed by atoms with van der Waals surface area (Å²) in [6.07, 6.45) is 0. The van der Waals surface area contributed by atoms with Crippen LogP contribution in [0.4, 0.5) is 0 Å². The van der Waals surface area contributed by atoms with E-state index in [1.165, 1.54) is 0 Å². The van der Waals surface area contributed by atoms with Crippen LogP contribution in [0, 0.1) is 0 Å². The number of rotatable bonds is 1. The Morgan fingerprint density at radius 3 is 2.32 bits per heavy atom. The number of para-hydroxylation sites is 3. The van der Waals surface area contributed by atoms with Gasteiger partial charge in [-0.1, -0.05) is 54.1 Å². The number of nitrogens with zero attached hydrogens (tertiary/aromatic N) is 1. The summed E-state index contributed by atoms with van der Waals surface area (Å²) < 4.78 is 9.66. The second-order valence-electron chi connectivity index (χ2n) is 6.86. The second kappa shape index (κ2) is 5.87. The molecule has 0 radical (unpaired) electrons. The van der Waals surface area contributed by atoms with E-state index in [0.717, 1.165) is 53.9 Å². The fourth-order valence-electron chi connectivity index (χ4n) is 4.17. The van der Waals surface area contributed by atoms with Crippen molar-refractivity contribution < 1.29 is 4.42 Å². The Balaban J connectivity index is 1.91. The predicted molar refractivity (Wildman–Crippen MR) is 121 cm³/mol. The van der Waals surface area contributed by atoms with E-state index in [4.69, 9.17) is 16.0 Å². The number of fused-ring (bicyclic) bond motifs is 7. The van der Waals surface area contributed by atoms with Crippen molar-refractivity contribution >= 4 is 71.3 Å². The van der Waals surface area contributed by atoms with E-state index in [9.17, 15) is 0 Å². The maximum Gasteiger partial charge on any atom is 0.154 e. The van der Waals surface area contributed by atoms with Gasteiger partial charge in [-0.2, -0.15) is 0 Å². The smallest absolute Gasteiger partial charge is 0.154 e. The highest BCUT2D eigenvalue weighted by Crippen LogP contribution is 2.43. The molecule has 2 nitrogen and oxygen atoms in total. The molecule has 134 valence electrons. The molecule has 2 heterocycles. The van der Waals surface area contributed by atoms with Crippen molar-refractivity contribution in [1.29, 1.82) is 0 Å². The Morgan fingerprint density at radius 1 is 0.714 bits per heavy atom. The molecule has 0 saturated heterocycles. The Morgan fingerprint density at radius 2 is 1.46 bits per heavy atom. The highest BCUT2D eigenvalue weighted by Gasteiger charge is 2.20. The quantitative estimate of drug-likeness (QED) is 0.249. The molecule has 0 bridgehead atoms. The topological polar surface area (TPSA) is 18.1 Å². The highest BCUT2D eigenvalue weighted by atomic mass is 79.9. The highest BCUT2D eigenvalue weighted by molar-refractivity contribution is 9.10. The summed E-state index contributed by atoms with van der Waals surface area (Å²) in [7, 11) is 0. The fourth-order valence-corrected chi connectivity index (χ4v) is 4.93. The molecule has 6 aromatic rings. The summed E-state index contributed by atoms with van der Waals surface area (Å²) in [6, 6.07) is 26.9. The molecule has 0 atom stereocenters. The van der Waals surface area contributed by atoms with Crippen molar-refractivity contribution in [3.63, 3.8) is 0 Å². The van der Waals surface area contributed by atoms with Crippen molar-refractivity contribution in [3.05, 3.63) is 88.4 Å². The lowest BCUT2D eigenvalue weighted by Crippen LogP contribution is -1.93. The monoisotopic (exact) mass is 445 g/mol. The third kappa shape index (κ3) is 2.09. The van der Waals surface area contributed by atoms with Crippen LogP contribution in [0.25, 0.3) is 49.4 Å². The molecule has 0 aliphatic rings. The first-order valence-corrected chi connectivity index (χ1v) is 10.2. The predicted octanol–water partition coefficient (Wildman–Crippen LogP) is 8.10. The molecule has 2 aromatic heterocycles. The van der Waals surface area contributed by atoms with E-state index in [0.29, 0.717) is 5.02 Å². The lowest BCUT2D eigenvalue weighted by Gasteiger charge is -2.08. The van der Waals surface area contributed by atoms with Crippen molar-refractivity contribution in [2.45, 2.75) is 0 Å². The first-order valence-electron chi connectivity index (χ1n) is 9.02. The van der Waals surface area contributed by atoms with Crippen LogP contribution in [-0.2, 0) is 0 Å². The molecule has 4 aromatic carbocycles. The summed E-state index contributed by atoms with van der Waals surface area (Å²) in [4.78, 5) is 0. The minimum atomic E-state index is 0.634. The zero-order valence-electron chi connectivity index (χ0n) is 14.6. The van der Waals surface area contributed by atoms with Crippen molar-refractivity contribution in [2.24, 2.45) is 0 Å². The first kappa shape index (κ1) is 16.2. The Bertz CT molecular complexity index is 1530. The van der Waals surface area contributed by atoms with Crippen molar-refractivity contribution in [2.75, 3.05) is 0 Å². The standard InChI is InChI=1S/C24H13BrClNO/c25-18-10-4-9-17-21-20(27(22(17)18)14-6-2-1-3-7-14)13-12-16-15-8-5-11-19(26)23(15)28-24(16)21/h1-13H. The van der Waals surface area contributed by atoms with Crippen molar-refractivity contribution in [1.82, 2.24) is 4.57 Å². The summed E-state index contributed by atoms with van der Waals surface area (Å²) in [5.41, 5.74) is 4.96. The first-order chi connectivity index (χ1) is 13.7. The molecule has 6 rings (SSSR count). The van der Waals surface area contributed by atoms with Crippen LogP contribution in [0.15, 0.2) is 87.8 Å². The molecular weight excluding hydrogens is 434 g/mol. The molecule has 0 spiro atoms. The van der Waals surface area contributed by atoms with E-state index in [1.54, 1.807) is 0 Å². The van der Waals surface area contributed by atoms with Gasteiger partial charge in [0.2, 0.25) is 0 Å². The SMILES string of the molecule is Clc1cccc2c1oc1c2ccc2c1c1cccc(Br)c1n2-c1ccccc1. The normalized spacial score (nSPS) is 11.9. The molecule has 0 aliphatic heterocycles. The molecule has 0 aliphatic carbocycles. The van der Waals surface area contributed by atoms with Gasteiger partial charge < -0.3 is 8.98 Å². The van der Waals surface area contributed by atoms with Gasteiger partial charge in [0.1, 0.15) is 5.58 Å². The Kier molecular flexibility index (Phi) is 3.40. The average molecular weight is 447 g/mol. The van der Waals surface area contributed by atoms with Crippen molar-refractivity contribution in [3.8, 4) is 5.69 Å². The van der Waals surface area contributed by atoms with Gasteiger partial charge in [-0.15, -0.1) is 0 Å². The van der Waals surface area contributed by atoms with E-state index < -0.39 is 0 Å². The number of benzene rings is 4. The number of halogens is 2. The molecular formula is C24H13BrClNO. The third-order valence-electron chi connectivity index (χ3n) is 5.33. The lowest BCUT2D eigenvalue weighted by molar-refractivity contribution is 0.673. The van der Waals surface area contributed by atoms with Gasteiger partial charge in [0.05, 0.1) is 21.4 Å².